The van der Waals surface area contributed by atoms with E-state index in [1.165, 1.54) is 0 Å². The zero-order valence-electron chi connectivity index (χ0n) is 7.41. The molecule has 0 aliphatic carbocycles. The van der Waals surface area contributed by atoms with E-state index in [0.717, 1.165) is 0 Å². The molecule has 1 heterocycles. The van der Waals surface area contributed by atoms with Crippen LogP contribution in [0.4, 0.5) is 0 Å². The van der Waals surface area contributed by atoms with E-state index in [1.807, 2.05) is 13.8 Å². The molecule has 1 aliphatic heterocycles. The minimum atomic E-state index is -0.826. The second-order valence-corrected chi connectivity index (χ2v) is 3.35. The molecule has 4 heteroatoms. The van der Waals surface area contributed by atoms with Crippen molar-refractivity contribution < 1.29 is 14.6 Å². The maximum Gasteiger partial charge on any atom is 0.323 e. The lowest BCUT2D eigenvalue weighted by molar-refractivity contribution is -0.148. The lowest BCUT2D eigenvalue weighted by Crippen LogP contribution is -2.54. The quantitative estimate of drug-likeness (QED) is 0.621. The second-order valence-electron chi connectivity index (χ2n) is 3.35. The van der Waals surface area contributed by atoms with E-state index in [4.69, 9.17) is 9.84 Å². The molecule has 0 saturated carbocycles. The Morgan fingerprint density at radius 3 is 2.75 bits per heavy atom. The highest BCUT2D eigenvalue weighted by atomic mass is 16.5. The summed E-state index contributed by atoms with van der Waals surface area (Å²) in [5.74, 6) is -0.590. The zero-order valence-corrected chi connectivity index (χ0v) is 7.41. The monoisotopic (exact) mass is 173 g/mol. The molecule has 1 aliphatic rings. The molecule has 0 aromatic heterocycles. The van der Waals surface area contributed by atoms with Crippen molar-refractivity contribution in [2.24, 2.45) is 5.92 Å². The van der Waals surface area contributed by atoms with Gasteiger partial charge in [0.05, 0.1) is 12.7 Å². The van der Waals surface area contributed by atoms with Crippen LogP contribution in [0.15, 0.2) is 0 Å². The minimum Gasteiger partial charge on any atom is -0.480 e. The number of carboxylic acids is 1. The van der Waals surface area contributed by atoms with Crippen molar-refractivity contribution >= 4 is 5.97 Å². The van der Waals surface area contributed by atoms with Gasteiger partial charge in [0, 0.05) is 6.54 Å². The van der Waals surface area contributed by atoms with E-state index in [-0.39, 0.29) is 12.0 Å². The maximum atomic E-state index is 10.7. The Bertz CT molecular complexity index is 170. The fourth-order valence-electron chi connectivity index (χ4n) is 1.43. The molecule has 1 rings (SSSR count). The SMILES string of the molecule is CC(C)C1OCCNC1C(=O)O. The highest BCUT2D eigenvalue weighted by Crippen LogP contribution is 2.14. The molecular weight excluding hydrogens is 158 g/mol. The van der Waals surface area contributed by atoms with E-state index in [0.29, 0.717) is 13.2 Å². The lowest BCUT2D eigenvalue weighted by atomic mass is 9.98. The van der Waals surface area contributed by atoms with Crippen LogP contribution < -0.4 is 5.32 Å². The van der Waals surface area contributed by atoms with Crippen molar-refractivity contribution in [3.63, 3.8) is 0 Å². The third-order valence-corrected chi connectivity index (χ3v) is 2.03. The fourth-order valence-corrected chi connectivity index (χ4v) is 1.43. The molecule has 0 bridgehead atoms. The van der Waals surface area contributed by atoms with E-state index in [2.05, 4.69) is 5.32 Å². The molecule has 2 N–H and O–H groups in total. The Morgan fingerprint density at radius 1 is 1.67 bits per heavy atom. The van der Waals surface area contributed by atoms with Crippen LogP contribution in [-0.4, -0.2) is 36.4 Å². The summed E-state index contributed by atoms with van der Waals surface area (Å²) in [5.41, 5.74) is 0. The van der Waals surface area contributed by atoms with Gasteiger partial charge in [-0.15, -0.1) is 0 Å². The molecule has 2 unspecified atom stereocenters. The summed E-state index contributed by atoms with van der Waals surface area (Å²) in [6.07, 6.45) is -0.198. The van der Waals surface area contributed by atoms with Gasteiger partial charge >= 0.3 is 5.97 Å². The molecule has 0 aromatic carbocycles. The van der Waals surface area contributed by atoms with Gasteiger partial charge in [0.15, 0.2) is 0 Å². The third kappa shape index (κ3) is 1.95. The Kier molecular flexibility index (Phi) is 3.05. The maximum absolute atomic E-state index is 10.7. The fraction of sp³-hybridized carbons (Fsp3) is 0.875. The number of carbonyl (C=O) groups is 1. The van der Waals surface area contributed by atoms with Crippen molar-refractivity contribution in [2.45, 2.75) is 26.0 Å². The average Bonchev–Trinajstić information content (AvgIpc) is 2.04. The van der Waals surface area contributed by atoms with Crippen molar-refractivity contribution in [3.05, 3.63) is 0 Å². The highest BCUT2D eigenvalue weighted by Gasteiger charge is 2.33. The topological polar surface area (TPSA) is 58.6 Å². The van der Waals surface area contributed by atoms with Gasteiger partial charge in [0.1, 0.15) is 6.04 Å². The number of hydrogen-bond donors (Lipinski definition) is 2. The first kappa shape index (κ1) is 9.48. The minimum absolute atomic E-state index is 0.198. The zero-order chi connectivity index (χ0) is 9.14. The molecule has 12 heavy (non-hydrogen) atoms. The molecule has 0 aromatic rings. The van der Waals surface area contributed by atoms with Crippen LogP contribution in [-0.2, 0) is 9.53 Å². The summed E-state index contributed by atoms with van der Waals surface area (Å²) in [5, 5.41) is 11.7. The van der Waals surface area contributed by atoms with Crippen LogP contribution in [0.1, 0.15) is 13.8 Å². The van der Waals surface area contributed by atoms with Gasteiger partial charge < -0.3 is 9.84 Å². The largest absolute Gasteiger partial charge is 0.480 e. The number of aliphatic carboxylic acids is 1. The highest BCUT2D eigenvalue weighted by molar-refractivity contribution is 5.74. The number of ether oxygens (including phenoxy) is 1. The van der Waals surface area contributed by atoms with Crippen LogP contribution in [0.5, 0.6) is 0 Å². The normalized spacial score (nSPS) is 30.6. The molecule has 70 valence electrons. The Morgan fingerprint density at radius 2 is 2.33 bits per heavy atom. The van der Waals surface area contributed by atoms with Gasteiger partial charge in [0.2, 0.25) is 0 Å². The van der Waals surface area contributed by atoms with Crippen molar-refractivity contribution in [2.75, 3.05) is 13.2 Å². The van der Waals surface area contributed by atoms with E-state index < -0.39 is 12.0 Å². The van der Waals surface area contributed by atoms with Gasteiger partial charge in [-0.25, -0.2) is 0 Å². The number of carboxylic acid groups (broad SMARTS) is 1. The van der Waals surface area contributed by atoms with Crippen LogP contribution in [0.25, 0.3) is 0 Å². The van der Waals surface area contributed by atoms with Crippen molar-refractivity contribution in [1.29, 1.82) is 0 Å². The lowest BCUT2D eigenvalue weighted by Gasteiger charge is -2.32. The molecule has 4 nitrogen and oxygen atoms in total. The average molecular weight is 173 g/mol. The number of rotatable bonds is 2. The first-order valence-corrected chi connectivity index (χ1v) is 4.20. The third-order valence-electron chi connectivity index (χ3n) is 2.03. The van der Waals surface area contributed by atoms with Gasteiger partial charge in [-0.2, -0.15) is 0 Å². The standard InChI is InChI=1S/C8H15NO3/c1-5(2)7-6(8(10)11)9-3-4-12-7/h5-7,9H,3-4H2,1-2H3,(H,10,11). The van der Waals surface area contributed by atoms with Gasteiger partial charge in [0.25, 0.3) is 0 Å². The summed E-state index contributed by atoms with van der Waals surface area (Å²) in [6.45, 7) is 5.16. The predicted molar refractivity (Wildman–Crippen MR) is 44.0 cm³/mol. The molecule has 0 amide bonds. The van der Waals surface area contributed by atoms with E-state index in [1.54, 1.807) is 0 Å². The Hall–Kier alpha value is -0.610. The first-order chi connectivity index (χ1) is 5.63. The summed E-state index contributed by atoms with van der Waals surface area (Å²) < 4.78 is 5.37. The summed E-state index contributed by atoms with van der Waals surface area (Å²) in [4.78, 5) is 10.7. The molecular formula is C8H15NO3. The van der Waals surface area contributed by atoms with Gasteiger partial charge in [-0.05, 0) is 5.92 Å². The number of hydrogen-bond acceptors (Lipinski definition) is 3. The van der Waals surface area contributed by atoms with Crippen molar-refractivity contribution in [1.82, 2.24) is 5.32 Å². The molecule has 0 radical (unpaired) electrons. The van der Waals surface area contributed by atoms with Crippen LogP contribution in [0.3, 0.4) is 0 Å². The van der Waals surface area contributed by atoms with Crippen LogP contribution in [0.2, 0.25) is 0 Å². The van der Waals surface area contributed by atoms with Crippen LogP contribution >= 0.6 is 0 Å². The van der Waals surface area contributed by atoms with E-state index in [9.17, 15) is 4.79 Å². The molecule has 2 atom stereocenters. The summed E-state index contributed by atoms with van der Waals surface area (Å²) in [7, 11) is 0. The predicted octanol–water partition coefficient (Wildman–Crippen LogP) is 0.0840. The first-order valence-electron chi connectivity index (χ1n) is 4.20. The van der Waals surface area contributed by atoms with Gasteiger partial charge in [-0.3, -0.25) is 10.1 Å². The molecule has 1 fully saturated rings. The Balaban J connectivity index is 2.60. The number of morpholine rings is 1. The van der Waals surface area contributed by atoms with E-state index >= 15 is 0 Å². The molecule has 0 spiro atoms. The summed E-state index contributed by atoms with van der Waals surface area (Å²) >= 11 is 0. The molecule has 1 saturated heterocycles. The Labute approximate surface area is 71.9 Å². The number of nitrogens with one attached hydrogen (secondary N) is 1. The van der Waals surface area contributed by atoms with Crippen LogP contribution in [0, 0.1) is 5.92 Å². The van der Waals surface area contributed by atoms with Crippen molar-refractivity contribution in [3.8, 4) is 0 Å². The van der Waals surface area contributed by atoms with Gasteiger partial charge in [-0.1, -0.05) is 13.8 Å². The second kappa shape index (κ2) is 3.87. The smallest absolute Gasteiger partial charge is 0.323 e. The summed E-state index contributed by atoms with van der Waals surface area (Å²) in [6, 6.07) is -0.543.